The first-order chi connectivity index (χ1) is 14.6. The lowest BCUT2D eigenvalue weighted by atomic mass is 10.2. The van der Waals surface area contributed by atoms with E-state index in [4.69, 9.17) is 4.74 Å². The highest BCUT2D eigenvalue weighted by molar-refractivity contribution is 7.19. The standard InChI is InChI=1S/C22H25FN4O3S/c1-14-18(19(28)25-9-11-26(12-10-25)21(29)30-22(2,3)4)31-20-24-17(13-27(14)20)15-5-7-16(23)8-6-15/h5-8,13H,9-12H2,1-4H3. The van der Waals surface area contributed by atoms with Crippen molar-refractivity contribution in [1.29, 1.82) is 0 Å². The Hall–Kier alpha value is -2.94. The van der Waals surface area contributed by atoms with Crippen molar-refractivity contribution in [3.63, 3.8) is 0 Å². The maximum absolute atomic E-state index is 13.2. The summed E-state index contributed by atoms with van der Waals surface area (Å²) in [5.74, 6) is -0.347. The molecular weight excluding hydrogens is 419 g/mol. The molecule has 2 amide bonds. The van der Waals surface area contributed by atoms with Crippen molar-refractivity contribution in [3.8, 4) is 11.3 Å². The maximum Gasteiger partial charge on any atom is 0.410 e. The van der Waals surface area contributed by atoms with Crippen LogP contribution in [0.15, 0.2) is 30.5 Å². The number of benzene rings is 1. The Balaban J connectivity index is 1.46. The molecule has 1 fully saturated rings. The Kier molecular flexibility index (Phi) is 5.47. The highest BCUT2D eigenvalue weighted by atomic mass is 32.1. The number of amides is 2. The molecule has 3 heterocycles. The fraction of sp³-hybridized carbons (Fsp3) is 0.409. The van der Waals surface area contributed by atoms with Crippen LogP contribution in [0.5, 0.6) is 0 Å². The van der Waals surface area contributed by atoms with E-state index < -0.39 is 5.60 Å². The number of rotatable bonds is 2. The van der Waals surface area contributed by atoms with Gasteiger partial charge in [0.15, 0.2) is 4.96 Å². The van der Waals surface area contributed by atoms with Crippen molar-refractivity contribution in [1.82, 2.24) is 19.2 Å². The summed E-state index contributed by atoms with van der Waals surface area (Å²) in [6.07, 6.45) is 1.52. The molecule has 4 rings (SSSR count). The molecular formula is C22H25FN4O3S. The number of fused-ring (bicyclic) bond motifs is 1. The summed E-state index contributed by atoms with van der Waals surface area (Å²) in [5.41, 5.74) is 1.84. The van der Waals surface area contributed by atoms with Crippen LogP contribution in [-0.4, -0.2) is 63.0 Å². The summed E-state index contributed by atoms with van der Waals surface area (Å²) >= 11 is 1.34. The number of piperazine rings is 1. The first-order valence-corrected chi connectivity index (χ1v) is 11.0. The molecule has 0 saturated carbocycles. The van der Waals surface area contributed by atoms with E-state index in [1.165, 1.54) is 23.5 Å². The van der Waals surface area contributed by atoms with E-state index in [0.29, 0.717) is 36.0 Å². The number of thiazole rings is 1. The molecule has 9 heteroatoms. The number of imidazole rings is 1. The molecule has 0 bridgehead atoms. The lowest BCUT2D eigenvalue weighted by Gasteiger charge is -2.35. The van der Waals surface area contributed by atoms with Crippen LogP contribution in [0.3, 0.4) is 0 Å². The molecule has 1 aromatic carbocycles. The van der Waals surface area contributed by atoms with E-state index in [-0.39, 0.29) is 17.8 Å². The Labute approximate surface area is 184 Å². The van der Waals surface area contributed by atoms with E-state index >= 15 is 0 Å². The zero-order valence-corrected chi connectivity index (χ0v) is 18.8. The molecule has 0 unspecified atom stereocenters. The van der Waals surface area contributed by atoms with Crippen molar-refractivity contribution < 1.29 is 18.7 Å². The average molecular weight is 445 g/mol. The van der Waals surface area contributed by atoms with Crippen molar-refractivity contribution in [2.75, 3.05) is 26.2 Å². The average Bonchev–Trinajstić information content (AvgIpc) is 3.26. The van der Waals surface area contributed by atoms with Crippen molar-refractivity contribution in [3.05, 3.63) is 46.9 Å². The molecule has 0 radical (unpaired) electrons. The smallest absolute Gasteiger partial charge is 0.410 e. The van der Waals surface area contributed by atoms with Gasteiger partial charge in [0.2, 0.25) is 0 Å². The second-order valence-electron chi connectivity index (χ2n) is 8.56. The number of hydrogen-bond acceptors (Lipinski definition) is 5. The summed E-state index contributed by atoms with van der Waals surface area (Å²) in [7, 11) is 0. The fourth-order valence-corrected chi connectivity index (χ4v) is 4.55. The Morgan fingerprint density at radius 2 is 1.68 bits per heavy atom. The molecule has 164 valence electrons. The minimum Gasteiger partial charge on any atom is -0.444 e. The fourth-order valence-electron chi connectivity index (χ4n) is 3.47. The van der Waals surface area contributed by atoms with Gasteiger partial charge in [-0.05, 0) is 52.0 Å². The van der Waals surface area contributed by atoms with Gasteiger partial charge in [0, 0.05) is 43.6 Å². The number of carbonyl (C=O) groups excluding carboxylic acids is 2. The van der Waals surface area contributed by atoms with Crippen LogP contribution in [0.25, 0.3) is 16.2 Å². The van der Waals surface area contributed by atoms with E-state index in [2.05, 4.69) is 4.98 Å². The van der Waals surface area contributed by atoms with Crippen LogP contribution in [0, 0.1) is 12.7 Å². The first-order valence-electron chi connectivity index (χ1n) is 10.1. The second-order valence-corrected chi connectivity index (χ2v) is 9.54. The van der Waals surface area contributed by atoms with Gasteiger partial charge in [-0.3, -0.25) is 9.20 Å². The number of aromatic nitrogens is 2. The monoisotopic (exact) mass is 444 g/mol. The quantitative estimate of drug-likeness (QED) is 0.594. The third-order valence-corrected chi connectivity index (χ3v) is 6.25. The van der Waals surface area contributed by atoms with Crippen molar-refractivity contribution in [2.24, 2.45) is 0 Å². The predicted molar refractivity (Wildman–Crippen MR) is 117 cm³/mol. The first kappa shape index (κ1) is 21.3. The molecule has 0 N–H and O–H groups in total. The summed E-state index contributed by atoms with van der Waals surface area (Å²) in [4.78, 5) is 34.7. The minimum absolute atomic E-state index is 0.0554. The van der Waals surface area contributed by atoms with Gasteiger partial charge in [-0.2, -0.15) is 0 Å². The van der Waals surface area contributed by atoms with Gasteiger partial charge >= 0.3 is 6.09 Å². The van der Waals surface area contributed by atoms with Crippen LogP contribution in [-0.2, 0) is 4.74 Å². The van der Waals surface area contributed by atoms with E-state index in [9.17, 15) is 14.0 Å². The lowest BCUT2D eigenvalue weighted by molar-refractivity contribution is 0.0141. The number of ether oxygens (including phenoxy) is 1. The van der Waals surface area contributed by atoms with E-state index in [1.807, 2.05) is 38.3 Å². The van der Waals surface area contributed by atoms with Crippen LogP contribution >= 0.6 is 11.3 Å². The Bertz CT molecular complexity index is 1120. The zero-order valence-electron chi connectivity index (χ0n) is 18.0. The molecule has 3 aromatic rings. The predicted octanol–water partition coefficient (Wildman–Crippen LogP) is 4.20. The normalized spacial score (nSPS) is 14.9. The number of carbonyl (C=O) groups is 2. The molecule has 1 aliphatic heterocycles. The minimum atomic E-state index is -0.542. The Morgan fingerprint density at radius 1 is 1.06 bits per heavy atom. The number of aryl methyl sites for hydroxylation is 1. The number of halogens is 1. The molecule has 1 saturated heterocycles. The van der Waals surface area contributed by atoms with Crippen LogP contribution in [0.4, 0.5) is 9.18 Å². The van der Waals surface area contributed by atoms with Gasteiger partial charge < -0.3 is 14.5 Å². The van der Waals surface area contributed by atoms with Gasteiger partial charge in [0.1, 0.15) is 16.3 Å². The van der Waals surface area contributed by atoms with Crippen LogP contribution in [0.1, 0.15) is 36.1 Å². The maximum atomic E-state index is 13.2. The second kappa shape index (κ2) is 7.96. The summed E-state index contributed by atoms with van der Waals surface area (Å²) in [6.45, 7) is 9.20. The zero-order chi connectivity index (χ0) is 22.3. The molecule has 0 aliphatic carbocycles. The van der Waals surface area contributed by atoms with Gasteiger partial charge in [-0.1, -0.05) is 11.3 Å². The molecule has 2 aromatic heterocycles. The highest BCUT2D eigenvalue weighted by Gasteiger charge is 2.30. The van der Waals surface area contributed by atoms with Crippen LogP contribution in [0.2, 0.25) is 0 Å². The topological polar surface area (TPSA) is 67.2 Å². The highest BCUT2D eigenvalue weighted by Crippen LogP contribution is 2.28. The van der Waals surface area contributed by atoms with Gasteiger partial charge in [0.05, 0.1) is 5.69 Å². The van der Waals surface area contributed by atoms with Gasteiger partial charge in [-0.15, -0.1) is 0 Å². The summed E-state index contributed by atoms with van der Waals surface area (Å²) in [5, 5.41) is 0. The lowest BCUT2D eigenvalue weighted by Crippen LogP contribution is -2.51. The summed E-state index contributed by atoms with van der Waals surface area (Å²) < 4.78 is 20.5. The number of nitrogens with zero attached hydrogens (tertiary/aromatic N) is 4. The summed E-state index contributed by atoms with van der Waals surface area (Å²) in [6, 6.07) is 6.18. The molecule has 0 atom stereocenters. The third kappa shape index (κ3) is 4.41. The van der Waals surface area contributed by atoms with Gasteiger partial charge in [0.25, 0.3) is 5.91 Å². The molecule has 1 aliphatic rings. The number of hydrogen-bond donors (Lipinski definition) is 0. The third-order valence-electron chi connectivity index (χ3n) is 5.11. The van der Waals surface area contributed by atoms with E-state index in [1.54, 1.807) is 21.9 Å². The molecule has 0 spiro atoms. The molecule has 7 nitrogen and oxygen atoms in total. The van der Waals surface area contributed by atoms with Crippen molar-refractivity contribution >= 4 is 28.3 Å². The van der Waals surface area contributed by atoms with Crippen molar-refractivity contribution in [2.45, 2.75) is 33.3 Å². The van der Waals surface area contributed by atoms with Gasteiger partial charge in [-0.25, -0.2) is 14.2 Å². The molecule has 31 heavy (non-hydrogen) atoms. The Morgan fingerprint density at radius 3 is 2.26 bits per heavy atom. The van der Waals surface area contributed by atoms with Crippen LogP contribution < -0.4 is 0 Å². The van der Waals surface area contributed by atoms with E-state index in [0.717, 1.165) is 17.0 Å². The largest absolute Gasteiger partial charge is 0.444 e. The SMILES string of the molecule is Cc1c(C(=O)N2CCN(C(=O)OC(C)(C)C)CC2)sc2nc(-c3ccc(F)cc3)cn12.